The van der Waals surface area contributed by atoms with Crippen LogP contribution < -0.4 is 0 Å². The zero-order chi connectivity index (χ0) is 14.3. The van der Waals surface area contributed by atoms with Gasteiger partial charge >= 0.3 is 0 Å². The highest BCUT2D eigenvalue weighted by Gasteiger charge is 1.99. The molecule has 2 aromatic rings. The number of aryl methyl sites for hydroxylation is 1. The summed E-state index contributed by atoms with van der Waals surface area (Å²) in [6.07, 6.45) is 2.68. The van der Waals surface area contributed by atoms with Crippen molar-refractivity contribution in [2.75, 3.05) is 0 Å². The Hall–Kier alpha value is -1.97. The van der Waals surface area contributed by atoms with Crippen LogP contribution in [0.3, 0.4) is 0 Å². The van der Waals surface area contributed by atoms with Crippen molar-refractivity contribution in [3.63, 3.8) is 0 Å². The van der Waals surface area contributed by atoms with Crippen molar-refractivity contribution >= 4 is 5.78 Å². The number of pyridine rings is 1. The molecule has 0 radical (unpaired) electrons. The molecule has 0 bridgehead atoms. The van der Waals surface area contributed by atoms with Gasteiger partial charge in [0.1, 0.15) is 5.69 Å². The number of aromatic nitrogens is 3. The van der Waals surface area contributed by atoms with Gasteiger partial charge in [0.15, 0.2) is 5.78 Å². The van der Waals surface area contributed by atoms with Crippen molar-refractivity contribution in [3.8, 4) is 0 Å². The molecule has 2 rings (SSSR count). The lowest BCUT2D eigenvalue weighted by atomic mass is 10.1. The molecule has 0 aromatic carbocycles. The lowest BCUT2D eigenvalue weighted by Crippen LogP contribution is -1.93. The van der Waals surface area contributed by atoms with Gasteiger partial charge in [-0.2, -0.15) is 5.10 Å². The van der Waals surface area contributed by atoms with Gasteiger partial charge in [-0.1, -0.05) is 19.9 Å². The molecule has 0 aliphatic heterocycles. The minimum atomic E-state index is 0.00981. The van der Waals surface area contributed by atoms with Gasteiger partial charge < -0.3 is 0 Å². The van der Waals surface area contributed by atoms with Gasteiger partial charge in [0.2, 0.25) is 0 Å². The summed E-state index contributed by atoms with van der Waals surface area (Å²) in [4.78, 5) is 14.4. The number of H-pyrrole nitrogens is 1. The van der Waals surface area contributed by atoms with Gasteiger partial charge in [0, 0.05) is 18.8 Å². The molecule has 2 heterocycles. The first-order valence-electron chi connectivity index (χ1n) is 6.42. The summed E-state index contributed by atoms with van der Waals surface area (Å²) < 4.78 is 0. The maximum absolute atomic E-state index is 10.6. The lowest BCUT2D eigenvalue weighted by molar-refractivity contribution is 0.101. The number of nitrogens with zero attached hydrogens (tertiary/aromatic N) is 2. The first kappa shape index (κ1) is 15.1. The summed E-state index contributed by atoms with van der Waals surface area (Å²) in [5.74, 6) is 0.707. The van der Waals surface area contributed by atoms with Crippen LogP contribution in [0.15, 0.2) is 30.5 Å². The van der Waals surface area contributed by atoms with Crippen molar-refractivity contribution in [1.29, 1.82) is 0 Å². The topological polar surface area (TPSA) is 58.6 Å². The second kappa shape index (κ2) is 7.46. The van der Waals surface area contributed by atoms with Gasteiger partial charge in [-0.15, -0.1) is 0 Å². The van der Waals surface area contributed by atoms with Crippen LogP contribution in [-0.2, 0) is 6.42 Å². The first-order chi connectivity index (χ1) is 8.99. The monoisotopic (exact) mass is 259 g/mol. The normalized spacial score (nSPS) is 9.95. The fraction of sp³-hybridized carbons (Fsp3) is 0.400. The standard InChI is InChI=1S/C8H14N2.C7H7NO/c1-6(2)4-8-5-7(3)9-10-8;1-6(9)7-4-2-3-5-8-7/h5-6H,4H2,1-3H3,(H,9,10);2-5H,1H3. The molecular formula is C15H21N3O. The number of hydrogen-bond donors (Lipinski definition) is 1. The van der Waals surface area contributed by atoms with E-state index in [0.717, 1.165) is 12.1 Å². The van der Waals surface area contributed by atoms with E-state index in [1.807, 2.05) is 6.92 Å². The van der Waals surface area contributed by atoms with Crippen LogP contribution >= 0.6 is 0 Å². The number of aromatic amines is 1. The minimum Gasteiger partial charge on any atom is -0.293 e. The molecular weight excluding hydrogens is 238 g/mol. The predicted molar refractivity (Wildman–Crippen MR) is 76.1 cm³/mol. The van der Waals surface area contributed by atoms with E-state index in [-0.39, 0.29) is 5.78 Å². The van der Waals surface area contributed by atoms with Crippen molar-refractivity contribution in [1.82, 2.24) is 15.2 Å². The van der Waals surface area contributed by atoms with Crippen molar-refractivity contribution in [2.45, 2.75) is 34.1 Å². The average molecular weight is 259 g/mol. The summed E-state index contributed by atoms with van der Waals surface area (Å²) in [6, 6.07) is 7.37. The van der Waals surface area contributed by atoms with E-state index >= 15 is 0 Å². The Morgan fingerprint density at radius 2 is 2.11 bits per heavy atom. The molecule has 0 atom stereocenters. The third-order valence-electron chi connectivity index (χ3n) is 2.40. The van der Waals surface area contributed by atoms with E-state index in [1.165, 1.54) is 12.6 Å². The second-order valence-electron chi connectivity index (χ2n) is 4.91. The number of nitrogens with one attached hydrogen (secondary N) is 1. The van der Waals surface area contributed by atoms with Crippen LogP contribution in [0.25, 0.3) is 0 Å². The SMILES string of the molecule is CC(=O)c1ccccn1.Cc1cc(CC(C)C)n[nH]1. The molecule has 0 unspecified atom stereocenters. The summed E-state index contributed by atoms with van der Waals surface area (Å²) >= 11 is 0. The van der Waals surface area contributed by atoms with Crippen LogP contribution in [-0.4, -0.2) is 21.0 Å². The zero-order valence-electron chi connectivity index (χ0n) is 12.0. The predicted octanol–water partition coefficient (Wildman–Crippen LogP) is 3.20. The Bertz CT molecular complexity index is 503. The Morgan fingerprint density at radius 3 is 2.47 bits per heavy atom. The molecule has 4 nitrogen and oxygen atoms in total. The van der Waals surface area contributed by atoms with E-state index in [0.29, 0.717) is 11.6 Å². The summed E-state index contributed by atoms with van der Waals surface area (Å²) in [5, 5.41) is 7.05. The molecule has 0 amide bonds. The highest BCUT2D eigenvalue weighted by Crippen LogP contribution is 2.05. The maximum atomic E-state index is 10.6. The molecule has 0 spiro atoms. The van der Waals surface area contributed by atoms with Crippen LogP contribution in [0.4, 0.5) is 0 Å². The third kappa shape index (κ3) is 5.95. The van der Waals surface area contributed by atoms with Crippen LogP contribution in [0.5, 0.6) is 0 Å². The molecule has 0 saturated heterocycles. The fourth-order valence-electron chi connectivity index (χ4n) is 1.57. The maximum Gasteiger partial charge on any atom is 0.178 e. The van der Waals surface area contributed by atoms with Crippen LogP contribution in [0.1, 0.15) is 42.6 Å². The zero-order valence-corrected chi connectivity index (χ0v) is 12.0. The Morgan fingerprint density at radius 1 is 1.37 bits per heavy atom. The lowest BCUT2D eigenvalue weighted by Gasteiger charge is -1.97. The molecule has 0 aliphatic carbocycles. The molecule has 2 aromatic heterocycles. The Labute approximate surface area is 114 Å². The fourth-order valence-corrected chi connectivity index (χ4v) is 1.57. The molecule has 0 saturated carbocycles. The van der Waals surface area contributed by atoms with E-state index in [2.05, 4.69) is 35.1 Å². The summed E-state index contributed by atoms with van der Waals surface area (Å²) in [6.45, 7) is 7.92. The Balaban J connectivity index is 0.000000191. The molecule has 19 heavy (non-hydrogen) atoms. The number of carbonyl (C=O) groups is 1. The van der Waals surface area contributed by atoms with E-state index in [4.69, 9.17) is 0 Å². The van der Waals surface area contributed by atoms with E-state index in [9.17, 15) is 4.79 Å². The van der Waals surface area contributed by atoms with E-state index < -0.39 is 0 Å². The smallest absolute Gasteiger partial charge is 0.178 e. The molecule has 1 N–H and O–H groups in total. The molecule has 0 fully saturated rings. The van der Waals surface area contributed by atoms with Crippen LogP contribution in [0, 0.1) is 12.8 Å². The summed E-state index contributed by atoms with van der Waals surface area (Å²) in [7, 11) is 0. The number of ketones is 1. The summed E-state index contributed by atoms with van der Waals surface area (Å²) in [5.41, 5.74) is 2.85. The number of Topliss-reactive ketones (excluding diaryl/α,β-unsaturated/α-hetero) is 1. The third-order valence-corrected chi connectivity index (χ3v) is 2.40. The van der Waals surface area contributed by atoms with Crippen LogP contribution in [0.2, 0.25) is 0 Å². The van der Waals surface area contributed by atoms with Gasteiger partial charge in [-0.25, -0.2) is 0 Å². The molecule has 0 aliphatic rings. The van der Waals surface area contributed by atoms with Crippen molar-refractivity contribution in [2.24, 2.45) is 5.92 Å². The number of carbonyl (C=O) groups excluding carboxylic acids is 1. The number of rotatable bonds is 3. The van der Waals surface area contributed by atoms with Gasteiger partial charge in [-0.05, 0) is 37.5 Å². The average Bonchev–Trinajstić information content (AvgIpc) is 2.76. The van der Waals surface area contributed by atoms with Crippen molar-refractivity contribution < 1.29 is 4.79 Å². The number of hydrogen-bond acceptors (Lipinski definition) is 3. The largest absolute Gasteiger partial charge is 0.293 e. The highest BCUT2D eigenvalue weighted by molar-refractivity contribution is 5.91. The highest BCUT2D eigenvalue weighted by atomic mass is 16.1. The molecule has 102 valence electrons. The van der Waals surface area contributed by atoms with E-state index in [1.54, 1.807) is 24.4 Å². The molecule has 4 heteroatoms. The Kier molecular flexibility index (Phi) is 5.93. The first-order valence-corrected chi connectivity index (χ1v) is 6.42. The second-order valence-corrected chi connectivity index (χ2v) is 4.91. The van der Waals surface area contributed by atoms with Gasteiger partial charge in [0.05, 0.1) is 5.69 Å². The minimum absolute atomic E-state index is 0.00981. The van der Waals surface area contributed by atoms with Gasteiger partial charge in [0.25, 0.3) is 0 Å². The van der Waals surface area contributed by atoms with Crippen molar-refractivity contribution in [3.05, 3.63) is 47.5 Å². The quantitative estimate of drug-likeness (QED) is 0.861. The van der Waals surface area contributed by atoms with Gasteiger partial charge in [-0.3, -0.25) is 14.9 Å².